The Kier molecular flexibility index (Phi) is 2.69. The molecule has 0 aliphatic carbocycles. The van der Waals surface area contributed by atoms with Crippen LogP contribution in [0, 0.1) is 0 Å². The number of nitrogens with zero attached hydrogens (tertiary/aromatic N) is 1. The first-order valence-electron chi connectivity index (χ1n) is 5.72. The number of nitrogens with one attached hydrogen (secondary N) is 2. The van der Waals surface area contributed by atoms with Gasteiger partial charge in [0, 0.05) is 11.4 Å². The maximum absolute atomic E-state index is 4.38. The van der Waals surface area contributed by atoms with E-state index in [-0.39, 0.29) is 0 Å². The standard InChI is InChI=1S/C12H14BrN3/c13-12-9-5-3-4-8(11(9)15-16-12)10-6-1-2-7-14-10/h3-5,10,14H,1-2,6-7H2,(H,15,16). The molecule has 0 amide bonds. The molecule has 1 atom stereocenters. The van der Waals surface area contributed by atoms with E-state index in [9.17, 15) is 0 Å². The van der Waals surface area contributed by atoms with Gasteiger partial charge in [-0.1, -0.05) is 24.6 Å². The summed E-state index contributed by atoms with van der Waals surface area (Å²) in [6.07, 6.45) is 3.81. The van der Waals surface area contributed by atoms with Crippen molar-refractivity contribution in [1.29, 1.82) is 0 Å². The Morgan fingerprint density at radius 3 is 3.06 bits per heavy atom. The topological polar surface area (TPSA) is 40.7 Å². The van der Waals surface area contributed by atoms with Crippen molar-refractivity contribution in [1.82, 2.24) is 15.5 Å². The van der Waals surface area contributed by atoms with Gasteiger partial charge in [0.2, 0.25) is 0 Å². The van der Waals surface area contributed by atoms with Crippen molar-refractivity contribution in [3.63, 3.8) is 0 Å². The fourth-order valence-electron chi connectivity index (χ4n) is 2.43. The largest absolute Gasteiger partial charge is 0.310 e. The van der Waals surface area contributed by atoms with Crippen LogP contribution in [0.15, 0.2) is 22.8 Å². The normalized spacial score (nSPS) is 21.4. The summed E-state index contributed by atoms with van der Waals surface area (Å²) in [6, 6.07) is 6.84. The van der Waals surface area contributed by atoms with Gasteiger partial charge in [-0.2, -0.15) is 5.10 Å². The third-order valence-corrected chi connectivity index (χ3v) is 3.86. The maximum Gasteiger partial charge on any atom is 0.108 e. The molecular weight excluding hydrogens is 266 g/mol. The zero-order valence-corrected chi connectivity index (χ0v) is 10.5. The summed E-state index contributed by atoms with van der Waals surface area (Å²) in [4.78, 5) is 0. The van der Waals surface area contributed by atoms with Crippen molar-refractivity contribution in [2.45, 2.75) is 25.3 Å². The average Bonchev–Trinajstić information content (AvgIpc) is 2.73. The van der Waals surface area contributed by atoms with Crippen LogP contribution in [0.2, 0.25) is 0 Å². The number of piperidine rings is 1. The smallest absolute Gasteiger partial charge is 0.108 e. The second-order valence-corrected chi connectivity index (χ2v) is 5.08. The Bertz CT molecular complexity index is 500. The Morgan fingerprint density at radius 1 is 1.31 bits per heavy atom. The summed E-state index contributed by atoms with van der Waals surface area (Å²) >= 11 is 3.49. The molecule has 1 aliphatic rings. The summed E-state index contributed by atoms with van der Waals surface area (Å²) in [5.41, 5.74) is 2.41. The zero-order valence-electron chi connectivity index (χ0n) is 8.96. The Morgan fingerprint density at radius 2 is 2.25 bits per heavy atom. The molecule has 2 heterocycles. The number of fused-ring (bicyclic) bond motifs is 1. The van der Waals surface area contributed by atoms with Crippen molar-refractivity contribution < 1.29 is 0 Å². The van der Waals surface area contributed by atoms with E-state index in [1.54, 1.807) is 0 Å². The molecule has 1 saturated heterocycles. The van der Waals surface area contributed by atoms with E-state index in [2.05, 4.69) is 49.6 Å². The molecule has 1 unspecified atom stereocenters. The average molecular weight is 280 g/mol. The maximum atomic E-state index is 4.38. The lowest BCUT2D eigenvalue weighted by Gasteiger charge is -2.23. The molecule has 2 aromatic rings. The molecule has 1 aliphatic heterocycles. The Labute approximate surface area is 103 Å². The molecular formula is C12H14BrN3. The molecule has 0 saturated carbocycles. The molecule has 16 heavy (non-hydrogen) atoms. The zero-order chi connectivity index (χ0) is 11.0. The molecule has 1 fully saturated rings. The SMILES string of the molecule is Brc1[nH]nc2c(C3CCCCN3)cccc12. The molecule has 3 rings (SSSR count). The van der Waals surface area contributed by atoms with Crippen LogP contribution in [0.5, 0.6) is 0 Å². The predicted octanol–water partition coefficient (Wildman–Crippen LogP) is 3.14. The summed E-state index contributed by atoms with van der Waals surface area (Å²) < 4.78 is 0.972. The van der Waals surface area contributed by atoms with Gasteiger partial charge >= 0.3 is 0 Å². The van der Waals surface area contributed by atoms with E-state index >= 15 is 0 Å². The van der Waals surface area contributed by atoms with Crippen LogP contribution in [-0.2, 0) is 0 Å². The first-order chi connectivity index (χ1) is 7.86. The number of aromatic nitrogens is 2. The van der Waals surface area contributed by atoms with Crippen LogP contribution < -0.4 is 5.32 Å². The van der Waals surface area contributed by atoms with Gasteiger partial charge in [0.1, 0.15) is 4.60 Å². The molecule has 0 radical (unpaired) electrons. The van der Waals surface area contributed by atoms with Gasteiger partial charge in [0.25, 0.3) is 0 Å². The third-order valence-electron chi connectivity index (χ3n) is 3.26. The van der Waals surface area contributed by atoms with Gasteiger partial charge in [0.05, 0.1) is 5.52 Å². The molecule has 2 N–H and O–H groups in total. The van der Waals surface area contributed by atoms with E-state index in [0.717, 1.165) is 16.7 Å². The van der Waals surface area contributed by atoms with Crippen molar-refractivity contribution >= 4 is 26.8 Å². The highest BCUT2D eigenvalue weighted by Crippen LogP contribution is 2.30. The van der Waals surface area contributed by atoms with Crippen molar-refractivity contribution in [2.75, 3.05) is 6.54 Å². The van der Waals surface area contributed by atoms with Crippen LogP contribution in [-0.4, -0.2) is 16.7 Å². The molecule has 84 valence electrons. The minimum Gasteiger partial charge on any atom is -0.310 e. The van der Waals surface area contributed by atoms with Gasteiger partial charge in [-0.3, -0.25) is 5.10 Å². The third kappa shape index (κ3) is 1.66. The van der Waals surface area contributed by atoms with Crippen LogP contribution in [0.25, 0.3) is 10.9 Å². The Balaban J connectivity index is 2.08. The van der Waals surface area contributed by atoms with E-state index in [0.29, 0.717) is 6.04 Å². The van der Waals surface area contributed by atoms with Crippen LogP contribution in [0.1, 0.15) is 30.9 Å². The van der Waals surface area contributed by atoms with Gasteiger partial charge in [-0.15, -0.1) is 0 Å². The van der Waals surface area contributed by atoms with Gasteiger partial charge in [0.15, 0.2) is 0 Å². The monoisotopic (exact) mass is 279 g/mol. The number of hydrogen-bond donors (Lipinski definition) is 2. The van der Waals surface area contributed by atoms with Gasteiger partial charge in [-0.05, 0) is 40.9 Å². The van der Waals surface area contributed by atoms with Crippen LogP contribution in [0.3, 0.4) is 0 Å². The lowest BCUT2D eigenvalue weighted by molar-refractivity contribution is 0.414. The van der Waals surface area contributed by atoms with Crippen molar-refractivity contribution in [2.24, 2.45) is 0 Å². The molecule has 1 aromatic heterocycles. The second-order valence-electron chi connectivity index (χ2n) is 4.28. The molecule has 1 aromatic carbocycles. The first-order valence-corrected chi connectivity index (χ1v) is 6.51. The van der Waals surface area contributed by atoms with Crippen LogP contribution in [0.4, 0.5) is 0 Å². The van der Waals surface area contributed by atoms with Gasteiger partial charge in [-0.25, -0.2) is 0 Å². The Hall–Kier alpha value is -0.870. The number of hydrogen-bond acceptors (Lipinski definition) is 2. The summed E-state index contributed by atoms with van der Waals surface area (Å²) in [7, 11) is 0. The number of benzene rings is 1. The highest BCUT2D eigenvalue weighted by atomic mass is 79.9. The second kappa shape index (κ2) is 4.18. The highest BCUT2D eigenvalue weighted by Gasteiger charge is 2.18. The fourth-order valence-corrected chi connectivity index (χ4v) is 2.84. The van der Waals surface area contributed by atoms with Gasteiger partial charge < -0.3 is 5.32 Å². The van der Waals surface area contributed by atoms with Crippen LogP contribution >= 0.6 is 15.9 Å². The van der Waals surface area contributed by atoms with E-state index < -0.39 is 0 Å². The summed E-state index contributed by atoms with van der Waals surface area (Å²) in [5, 5.41) is 12.1. The first kappa shape index (κ1) is 10.3. The number of H-pyrrole nitrogens is 1. The fraction of sp³-hybridized carbons (Fsp3) is 0.417. The van der Waals surface area contributed by atoms with E-state index in [1.165, 1.54) is 30.2 Å². The number of para-hydroxylation sites is 1. The summed E-state index contributed by atoms with van der Waals surface area (Å²) in [5.74, 6) is 0. The number of aromatic amines is 1. The van der Waals surface area contributed by atoms with Crippen molar-refractivity contribution in [3.8, 4) is 0 Å². The number of halogens is 1. The quantitative estimate of drug-likeness (QED) is 0.842. The van der Waals surface area contributed by atoms with E-state index in [4.69, 9.17) is 0 Å². The molecule has 0 bridgehead atoms. The minimum atomic E-state index is 0.465. The lowest BCUT2D eigenvalue weighted by Crippen LogP contribution is -2.26. The molecule has 4 heteroatoms. The van der Waals surface area contributed by atoms with E-state index in [1.807, 2.05) is 0 Å². The lowest BCUT2D eigenvalue weighted by atomic mass is 9.96. The summed E-state index contributed by atoms with van der Waals surface area (Å²) in [6.45, 7) is 1.12. The number of rotatable bonds is 1. The molecule has 3 nitrogen and oxygen atoms in total. The van der Waals surface area contributed by atoms with Crippen molar-refractivity contribution in [3.05, 3.63) is 28.4 Å². The highest BCUT2D eigenvalue weighted by molar-refractivity contribution is 9.10. The predicted molar refractivity (Wildman–Crippen MR) is 68.4 cm³/mol. The molecule has 0 spiro atoms. The minimum absolute atomic E-state index is 0.465.